The van der Waals surface area contributed by atoms with Gasteiger partial charge in [0.05, 0.1) is 46.2 Å². The Morgan fingerprint density at radius 2 is 1.29 bits per heavy atom. The number of carbonyl (C=O) groups excluding carboxylic acids is 2. The Bertz CT molecular complexity index is 805. The van der Waals surface area contributed by atoms with Crippen LogP contribution in [0.5, 0.6) is 11.5 Å². The van der Waals surface area contributed by atoms with Crippen LogP contribution < -0.4 is 14.8 Å². The second-order valence-corrected chi connectivity index (χ2v) is 9.46. The predicted molar refractivity (Wildman–Crippen MR) is 124 cm³/mol. The smallest absolute Gasteiger partial charge is 0.332 e. The summed E-state index contributed by atoms with van der Waals surface area (Å²) in [7, 11) is 0. The number of amides is 1. The van der Waals surface area contributed by atoms with E-state index in [-0.39, 0.29) is 12.5 Å². The van der Waals surface area contributed by atoms with E-state index in [1.165, 1.54) is 0 Å². The lowest BCUT2D eigenvalue weighted by Gasteiger charge is -2.31. The Balaban J connectivity index is 1.84. The first-order valence-electron chi connectivity index (χ1n) is 11.9. The van der Waals surface area contributed by atoms with Gasteiger partial charge in [-0.1, -0.05) is 20.8 Å². The molecule has 0 unspecified atom stereocenters. The molecule has 0 radical (unpaired) electrons. The lowest BCUT2D eigenvalue weighted by atomic mass is 9.90. The SMILES string of the molecule is CCOC(=O)C1(NC(=O)C(C)(C)C)Cc2cc3c(cc2C1)OCCOCCOCCOCCO3. The normalized spacial score (nSPS) is 19.3. The van der Waals surface area contributed by atoms with E-state index in [0.29, 0.717) is 77.2 Å². The van der Waals surface area contributed by atoms with E-state index < -0.39 is 16.9 Å². The summed E-state index contributed by atoms with van der Waals surface area (Å²) in [5.41, 5.74) is 0.00731. The molecule has 0 spiro atoms. The number of benzene rings is 1. The van der Waals surface area contributed by atoms with Crippen molar-refractivity contribution in [2.24, 2.45) is 5.41 Å². The second-order valence-electron chi connectivity index (χ2n) is 9.46. The molecular weight excluding hydrogens is 442 g/mol. The van der Waals surface area contributed by atoms with Gasteiger partial charge in [-0.05, 0) is 30.2 Å². The summed E-state index contributed by atoms with van der Waals surface area (Å²) in [6, 6.07) is 3.77. The fourth-order valence-corrected chi connectivity index (χ4v) is 3.83. The van der Waals surface area contributed by atoms with Gasteiger partial charge in [0, 0.05) is 18.3 Å². The van der Waals surface area contributed by atoms with Crippen molar-refractivity contribution in [1.29, 1.82) is 0 Å². The van der Waals surface area contributed by atoms with Crippen molar-refractivity contribution in [3.8, 4) is 11.5 Å². The molecule has 0 aromatic heterocycles. The summed E-state index contributed by atoms with van der Waals surface area (Å²) in [6.45, 7) is 10.9. The summed E-state index contributed by atoms with van der Waals surface area (Å²) in [5.74, 6) is 0.485. The molecule has 1 amide bonds. The monoisotopic (exact) mass is 479 g/mol. The zero-order chi connectivity index (χ0) is 24.6. The number of fused-ring (bicyclic) bond motifs is 2. The van der Waals surface area contributed by atoms with Gasteiger partial charge in [0.15, 0.2) is 11.5 Å². The van der Waals surface area contributed by atoms with Gasteiger partial charge in [0.1, 0.15) is 18.8 Å². The van der Waals surface area contributed by atoms with Crippen molar-refractivity contribution in [1.82, 2.24) is 5.32 Å². The van der Waals surface area contributed by atoms with E-state index in [4.69, 9.17) is 28.4 Å². The van der Waals surface area contributed by atoms with E-state index in [0.717, 1.165) is 11.1 Å². The zero-order valence-corrected chi connectivity index (χ0v) is 20.7. The van der Waals surface area contributed by atoms with Gasteiger partial charge in [-0.15, -0.1) is 0 Å². The summed E-state index contributed by atoms with van der Waals surface area (Å²) >= 11 is 0. The van der Waals surface area contributed by atoms with Crippen LogP contribution in [-0.2, 0) is 41.4 Å². The van der Waals surface area contributed by atoms with E-state index >= 15 is 0 Å². The summed E-state index contributed by atoms with van der Waals surface area (Å²) in [5, 5.41) is 2.99. The molecule has 3 rings (SSSR count). The summed E-state index contributed by atoms with van der Waals surface area (Å²) < 4.78 is 33.8. The number of rotatable bonds is 3. The maximum absolute atomic E-state index is 13.0. The zero-order valence-electron chi connectivity index (χ0n) is 20.7. The molecule has 9 nitrogen and oxygen atoms in total. The molecule has 190 valence electrons. The van der Waals surface area contributed by atoms with Gasteiger partial charge >= 0.3 is 5.97 Å². The van der Waals surface area contributed by atoms with E-state index in [1.54, 1.807) is 6.92 Å². The Hall–Kier alpha value is -2.36. The Morgan fingerprint density at radius 1 is 0.853 bits per heavy atom. The molecule has 1 heterocycles. The third-order valence-corrected chi connectivity index (χ3v) is 5.67. The van der Waals surface area contributed by atoms with Crippen LogP contribution >= 0.6 is 0 Å². The average Bonchev–Trinajstić information content (AvgIpc) is 3.13. The average molecular weight is 480 g/mol. The van der Waals surface area contributed by atoms with E-state index in [2.05, 4.69) is 5.32 Å². The highest BCUT2D eigenvalue weighted by Gasteiger charge is 2.48. The van der Waals surface area contributed by atoms with Gasteiger partial charge in [0.25, 0.3) is 0 Å². The molecule has 9 heteroatoms. The minimum Gasteiger partial charge on any atom is -0.487 e. The van der Waals surface area contributed by atoms with Gasteiger partial charge in [0.2, 0.25) is 5.91 Å². The first-order valence-corrected chi connectivity index (χ1v) is 11.9. The van der Waals surface area contributed by atoms with Gasteiger partial charge in [-0.2, -0.15) is 0 Å². The number of carbonyl (C=O) groups is 2. The lowest BCUT2D eigenvalue weighted by molar-refractivity contribution is -0.154. The Kier molecular flexibility index (Phi) is 9.16. The fraction of sp³-hybridized carbons (Fsp3) is 0.680. The molecule has 1 aromatic carbocycles. The number of ether oxygens (including phenoxy) is 6. The van der Waals surface area contributed by atoms with Crippen LogP contribution in [0.2, 0.25) is 0 Å². The predicted octanol–water partition coefficient (Wildman–Crippen LogP) is 2.07. The van der Waals surface area contributed by atoms with Crippen LogP contribution in [0.15, 0.2) is 12.1 Å². The minimum atomic E-state index is -1.16. The number of hydrogen-bond donors (Lipinski definition) is 1. The van der Waals surface area contributed by atoms with Gasteiger partial charge < -0.3 is 33.7 Å². The lowest BCUT2D eigenvalue weighted by Crippen LogP contribution is -2.58. The van der Waals surface area contributed by atoms with Crippen LogP contribution in [-0.4, -0.2) is 76.9 Å². The van der Waals surface area contributed by atoms with Crippen molar-refractivity contribution in [3.05, 3.63) is 23.3 Å². The maximum Gasteiger partial charge on any atom is 0.332 e. The quantitative estimate of drug-likeness (QED) is 0.658. The number of nitrogens with one attached hydrogen (secondary N) is 1. The third kappa shape index (κ3) is 6.84. The Labute approximate surface area is 201 Å². The van der Waals surface area contributed by atoms with Crippen LogP contribution in [0.4, 0.5) is 0 Å². The first-order chi connectivity index (χ1) is 16.2. The standard InChI is InChI=1S/C25H37NO8/c1-5-32-23(28)25(26-22(27)24(2,3)4)16-18-14-20-21(15-19(18)17-25)34-13-11-31-9-7-29-6-8-30-10-12-33-20/h14-15H,5-13,16-17H2,1-4H3,(H,26,27). The molecule has 1 N–H and O–H groups in total. The molecule has 0 atom stereocenters. The fourth-order valence-electron chi connectivity index (χ4n) is 3.83. The molecule has 1 aliphatic heterocycles. The van der Waals surface area contributed by atoms with E-state index in [1.807, 2.05) is 32.9 Å². The molecule has 1 aliphatic carbocycles. The van der Waals surface area contributed by atoms with Crippen LogP contribution in [0, 0.1) is 5.41 Å². The number of hydrogen-bond acceptors (Lipinski definition) is 8. The van der Waals surface area contributed by atoms with Gasteiger partial charge in [-0.25, -0.2) is 4.79 Å². The molecule has 2 aliphatic rings. The topological polar surface area (TPSA) is 102 Å². The highest BCUT2D eigenvalue weighted by Crippen LogP contribution is 2.39. The molecule has 34 heavy (non-hydrogen) atoms. The van der Waals surface area contributed by atoms with Crippen molar-refractivity contribution in [2.75, 3.05) is 59.5 Å². The van der Waals surface area contributed by atoms with Gasteiger partial charge in [-0.3, -0.25) is 4.79 Å². The highest BCUT2D eigenvalue weighted by molar-refractivity contribution is 5.91. The molecule has 0 fully saturated rings. The van der Waals surface area contributed by atoms with Crippen LogP contribution in [0.25, 0.3) is 0 Å². The Morgan fingerprint density at radius 3 is 1.71 bits per heavy atom. The van der Waals surface area contributed by atoms with Crippen molar-refractivity contribution in [2.45, 2.75) is 46.1 Å². The molecule has 1 aromatic rings. The molecule has 0 saturated carbocycles. The first kappa shape index (κ1) is 26.2. The van der Waals surface area contributed by atoms with Crippen molar-refractivity contribution < 1.29 is 38.0 Å². The number of esters is 1. The minimum absolute atomic E-state index is 0.207. The largest absolute Gasteiger partial charge is 0.487 e. The van der Waals surface area contributed by atoms with Crippen molar-refractivity contribution in [3.63, 3.8) is 0 Å². The molecule has 0 bridgehead atoms. The van der Waals surface area contributed by atoms with Crippen molar-refractivity contribution >= 4 is 11.9 Å². The highest BCUT2D eigenvalue weighted by atomic mass is 16.6. The molecular formula is C25H37NO8. The summed E-state index contributed by atoms with van der Waals surface area (Å²) in [6.07, 6.45) is 0.632. The van der Waals surface area contributed by atoms with E-state index in [9.17, 15) is 9.59 Å². The second kappa shape index (κ2) is 11.9. The third-order valence-electron chi connectivity index (χ3n) is 5.67. The summed E-state index contributed by atoms with van der Waals surface area (Å²) in [4.78, 5) is 25.9. The maximum atomic E-state index is 13.0. The van der Waals surface area contributed by atoms with Crippen LogP contribution in [0.3, 0.4) is 0 Å². The van der Waals surface area contributed by atoms with Crippen LogP contribution in [0.1, 0.15) is 38.8 Å². The molecule has 0 saturated heterocycles.